The topological polar surface area (TPSA) is 21.8 Å². The lowest BCUT2D eigenvalue weighted by Gasteiger charge is -2.24. The fourth-order valence-electron chi connectivity index (χ4n) is 3.40. The molecule has 1 heterocycles. The van der Waals surface area contributed by atoms with E-state index in [2.05, 4.69) is 13.8 Å². The zero-order valence-electron chi connectivity index (χ0n) is 9.22. The first-order chi connectivity index (χ1) is 6.91. The van der Waals surface area contributed by atoms with Crippen molar-refractivity contribution in [3.63, 3.8) is 0 Å². The molecule has 1 saturated heterocycles. The lowest BCUT2D eigenvalue weighted by atomic mass is 9.80. The second kappa shape index (κ2) is 2.66. The highest BCUT2D eigenvalue weighted by atomic mass is 35.5. The minimum Gasteiger partial charge on any atom is -0.375 e. The van der Waals surface area contributed by atoms with E-state index in [0.29, 0.717) is 12.0 Å². The predicted molar refractivity (Wildman–Crippen MR) is 59.3 cm³/mol. The van der Waals surface area contributed by atoms with Crippen LogP contribution in [-0.2, 0) is 9.47 Å². The number of ether oxygens (including phenoxy) is 2. The molecule has 0 bridgehead atoms. The highest BCUT2D eigenvalue weighted by Crippen LogP contribution is 2.76. The average Bonchev–Trinajstić information content (AvgIpc) is 2.99. The molecule has 0 N–H and O–H groups in total. The summed E-state index contributed by atoms with van der Waals surface area (Å²) in [5.41, 5.74) is -0.298. The molecule has 15 heavy (non-hydrogen) atoms. The van der Waals surface area contributed by atoms with Crippen LogP contribution >= 0.6 is 23.2 Å². The van der Waals surface area contributed by atoms with Gasteiger partial charge in [-0.2, -0.15) is 0 Å². The van der Waals surface area contributed by atoms with Gasteiger partial charge < -0.3 is 9.47 Å². The zero-order chi connectivity index (χ0) is 11.1. The maximum Gasteiger partial charge on any atom is 0.153 e. The van der Waals surface area contributed by atoms with E-state index < -0.39 is 4.33 Å². The van der Waals surface area contributed by atoms with E-state index in [1.54, 1.807) is 7.11 Å². The number of halogens is 2. The van der Waals surface area contributed by atoms with Gasteiger partial charge in [0.15, 0.2) is 4.33 Å². The van der Waals surface area contributed by atoms with Crippen LogP contribution in [0.3, 0.4) is 0 Å². The summed E-state index contributed by atoms with van der Waals surface area (Å²) in [5.74, 6) is 0.765. The second-order valence-corrected chi connectivity index (χ2v) is 6.78. The highest BCUT2D eigenvalue weighted by Gasteiger charge is 2.85. The second-order valence-electron chi connectivity index (χ2n) is 5.39. The summed E-state index contributed by atoms with van der Waals surface area (Å²) in [6.07, 6.45) is 2.09. The Labute approximate surface area is 100 Å². The molecule has 3 aliphatic rings. The molecule has 4 atom stereocenters. The van der Waals surface area contributed by atoms with Crippen molar-refractivity contribution in [2.24, 2.45) is 11.8 Å². The van der Waals surface area contributed by atoms with Gasteiger partial charge in [0, 0.05) is 19.4 Å². The lowest BCUT2D eigenvalue weighted by molar-refractivity contribution is 0.0411. The summed E-state index contributed by atoms with van der Waals surface area (Å²) in [5, 5.41) is 0. The zero-order valence-corrected chi connectivity index (χ0v) is 10.7. The Bertz CT molecular complexity index is 318. The Morgan fingerprint density at radius 1 is 1.33 bits per heavy atom. The SMILES string of the molecule is COC12CC3OC3(C(C)C)CC1C2(Cl)Cl. The number of fused-ring (bicyclic) bond motifs is 2. The normalized spacial score (nSPS) is 54.8. The van der Waals surface area contributed by atoms with Crippen molar-refractivity contribution in [3.05, 3.63) is 0 Å². The largest absolute Gasteiger partial charge is 0.375 e. The van der Waals surface area contributed by atoms with Gasteiger partial charge in [0.1, 0.15) is 5.60 Å². The molecular formula is C11H16Cl2O2. The van der Waals surface area contributed by atoms with E-state index in [-0.39, 0.29) is 17.1 Å². The quantitative estimate of drug-likeness (QED) is 0.556. The van der Waals surface area contributed by atoms with Gasteiger partial charge in [0.05, 0.1) is 11.7 Å². The van der Waals surface area contributed by atoms with Crippen molar-refractivity contribution in [1.29, 1.82) is 0 Å². The van der Waals surface area contributed by atoms with Crippen molar-refractivity contribution in [2.45, 2.75) is 48.3 Å². The molecule has 0 radical (unpaired) electrons. The molecule has 3 fully saturated rings. The molecule has 4 unspecified atom stereocenters. The first-order valence-corrected chi connectivity index (χ1v) is 6.27. The number of hydrogen-bond donors (Lipinski definition) is 0. The van der Waals surface area contributed by atoms with Crippen LogP contribution in [-0.4, -0.2) is 28.7 Å². The first-order valence-electron chi connectivity index (χ1n) is 5.51. The molecule has 0 aromatic carbocycles. The Balaban J connectivity index is 1.87. The Hall–Kier alpha value is 0.500. The third-order valence-corrected chi connectivity index (χ3v) is 5.85. The maximum atomic E-state index is 6.31. The Morgan fingerprint density at radius 3 is 2.53 bits per heavy atom. The smallest absolute Gasteiger partial charge is 0.153 e. The Morgan fingerprint density at radius 2 is 2.00 bits per heavy atom. The van der Waals surface area contributed by atoms with E-state index in [0.717, 1.165) is 12.8 Å². The third kappa shape index (κ3) is 1.00. The molecule has 2 nitrogen and oxygen atoms in total. The van der Waals surface area contributed by atoms with Crippen molar-refractivity contribution in [1.82, 2.24) is 0 Å². The van der Waals surface area contributed by atoms with Crippen LogP contribution in [0, 0.1) is 11.8 Å². The summed E-state index contributed by atoms with van der Waals surface area (Å²) in [4.78, 5) is 0. The molecule has 0 aromatic heterocycles. The van der Waals surface area contributed by atoms with Crippen molar-refractivity contribution in [2.75, 3.05) is 7.11 Å². The summed E-state index contributed by atoms with van der Waals surface area (Å²) in [6, 6.07) is 0. The number of alkyl halides is 2. The van der Waals surface area contributed by atoms with Crippen LogP contribution in [0.1, 0.15) is 26.7 Å². The summed E-state index contributed by atoms with van der Waals surface area (Å²) < 4.78 is 10.7. The van der Waals surface area contributed by atoms with Crippen molar-refractivity contribution in [3.8, 4) is 0 Å². The predicted octanol–water partition coefficient (Wildman–Crippen LogP) is 2.76. The van der Waals surface area contributed by atoms with E-state index >= 15 is 0 Å². The number of epoxide rings is 1. The van der Waals surface area contributed by atoms with E-state index in [9.17, 15) is 0 Å². The fourth-order valence-corrected chi connectivity index (χ4v) is 4.37. The highest BCUT2D eigenvalue weighted by molar-refractivity contribution is 6.52. The van der Waals surface area contributed by atoms with Crippen molar-refractivity contribution >= 4 is 23.2 Å². The summed E-state index contributed by atoms with van der Waals surface area (Å²) in [7, 11) is 1.70. The number of hydrogen-bond acceptors (Lipinski definition) is 2. The number of methoxy groups -OCH3 is 1. The van der Waals surface area contributed by atoms with Crippen molar-refractivity contribution < 1.29 is 9.47 Å². The van der Waals surface area contributed by atoms with Crippen LogP contribution in [0.5, 0.6) is 0 Å². The standard InChI is InChI=1S/C11H16Cl2O2/c1-6(2)9-4-7-10(14-3,11(7,12)13)5-8(9)15-9/h6-8H,4-5H2,1-3H3. The summed E-state index contributed by atoms with van der Waals surface area (Å²) >= 11 is 12.6. The monoisotopic (exact) mass is 250 g/mol. The molecule has 0 aromatic rings. The molecule has 86 valence electrons. The van der Waals surface area contributed by atoms with Gasteiger partial charge in [-0.05, 0) is 12.3 Å². The van der Waals surface area contributed by atoms with Crippen LogP contribution in [0.2, 0.25) is 0 Å². The number of rotatable bonds is 2. The molecule has 1 aliphatic heterocycles. The molecule has 3 rings (SSSR count). The molecule has 2 saturated carbocycles. The maximum absolute atomic E-state index is 6.31. The molecular weight excluding hydrogens is 235 g/mol. The fraction of sp³-hybridized carbons (Fsp3) is 1.00. The third-order valence-electron chi connectivity index (χ3n) is 4.68. The average molecular weight is 251 g/mol. The summed E-state index contributed by atoms with van der Waals surface area (Å²) in [6.45, 7) is 4.40. The Kier molecular flexibility index (Phi) is 1.89. The van der Waals surface area contributed by atoms with Crippen LogP contribution < -0.4 is 0 Å². The molecule has 2 aliphatic carbocycles. The van der Waals surface area contributed by atoms with Gasteiger partial charge >= 0.3 is 0 Å². The molecule has 4 heteroatoms. The van der Waals surface area contributed by atoms with Gasteiger partial charge in [0.2, 0.25) is 0 Å². The minimum atomic E-state index is -0.694. The van der Waals surface area contributed by atoms with Crippen LogP contribution in [0.25, 0.3) is 0 Å². The van der Waals surface area contributed by atoms with Crippen LogP contribution in [0.4, 0.5) is 0 Å². The van der Waals surface area contributed by atoms with E-state index in [1.807, 2.05) is 0 Å². The lowest BCUT2D eigenvalue weighted by Crippen LogP contribution is -2.34. The van der Waals surface area contributed by atoms with Gasteiger partial charge in [-0.15, -0.1) is 0 Å². The van der Waals surface area contributed by atoms with E-state index in [1.165, 1.54) is 0 Å². The molecule has 0 amide bonds. The van der Waals surface area contributed by atoms with Gasteiger partial charge in [0.25, 0.3) is 0 Å². The van der Waals surface area contributed by atoms with Gasteiger partial charge in [-0.25, -0.2) is 0 Å². The van der Waals surface area contributed by atoms with Gasteiger partial charge in [-0.1, -0.05) is 37.0 Å². The van der Waals surface area contributed by atoms with Gasteiger partial charge in [-0.3, -0.25) is 0 Å². The molecule has 0 spiro atoms. The van der Waals surface area contributed by atoms with Crippen LogP contribution in [0.15, 0.2) is 0 Å². The first kappa shape index (κ1) is 10.6. The van der Waals surface area contributed by atoms with E-state index in [4.69, 9.17) is 32.7 Å². The minimum absolute atomic E-state index is 0.0399.